The van der Waals surface area contributed by atoms with Crippen molar-refractivity contribution in [3.05, 3.63) is 43.0 Å². The lowest BCUT2D eigenvalue weighted by Gasteiger charge is -2.34. The molecule has 0 saturated carbocycles. The Labute approximate surface area is 129 Å². The average Bonchev–Trinajstić information content (AvgIpc) is 3.10. The van der Waals surface area contributed by atoms with Crippen LogP contribution >= 0.6 is 0 Å². The monoisotopic (exact) mass is 300 g/mol. The van der Waals surface area contributed by atoms with E-state index < -0.39 is 5.41 Å². The fourth-order valence-corrected chi connectivity index (χ4v) is 2.71. The van der Waals surface area contributed by atoms with Gasteiger partial charge < -0.3 is 20.4 Å². The maximum Gasteiger partial charge on any atom is 0.232 e. The number of hydrogen-bond acceptors (Lipinski definition) is 4. The molecule has 22 heavy (non-hydrogen) atoms. The summed E-state index contributed by atoms with van der Waals surface area (Å²) in [4.78, 5) is 16.7. The van der Waals surface area contributed by atoms with Gasteiger partial charge in [-0.15, -0.1) is 0 Å². The first-order valence-electron chi connectivity index (χ1n) is 7.41. The summed E-state index contributed by atoms with van der Waals surface area (Å²) < 4.78 is 7.24. The van der Waals surface area contributed by atoms with Crippen molar-refractivity contribution in [2.24, 2.45) is 11.1 Å². The topological polar surface area (TPSA) is 82.2 Å². The molecular weight excluding hydrogens is 280 g/mol. The molecule has 1 aromatic carbocycles. The van der Waals surface area contributed by atoms with E-state index in [1.165, 1.54) is 0 Å². The van der Waals surface area contributed by atoms with E-state index in [9.17, 15) is 4.79 Å². The number of carbonyl (C=O) groups is 1. The molecule has 116 valence electrons. The average molecular weight is 300 g/mol. The van der Waals surface area contributed by atoms with Gasteiger partial charge in [0.2, 0.25) is 5.91 Å². The van der Waals surface area contributed by atoms with Crippen LogP contribution in [0.25, 0.3) is 5.69 Å². The molecule has 6 nitrogen and oxygen atoms in total. The first kappa shape index (κ1) is 14.7. The molecule has 0 atom stereocenters. The van der Waals surface area contributed by atoms with Gasteiger partial charge in [-0.1, -0.05) is 6.07 Å². The van der Waals surface area contributed by atoms with E-state index in [4.69, 9.17) is 10.5 Å². The molecule has 1 fully saturated rings. The van der Waals surface area contributed by atoms with Gasteiger partial charge in [-0.3, -0.25) is 4.79 Å². The van der Waals surface area contributed by atoms with Gasteiger partial charge in [-0.2, -0.15) is 0 Å². The van der Waals surface area contributed by atoms with Crippen molar-refractivity contribution in [3.8, 4) is 5.69 Å². The molecule has 0 bridgehead atoms. The molecule has 0 aliphatic carbocycles. The highest BCUT2D eigenvalue weighted by atomic mass is 16.5. The van der Waals surface area contributed by atoms with Gasteiger partial charge in [0.05, 0.1) is 11.7 Å². The molecule has 0 spiro atoms. The molecule has 6 heteroatoms. The second-order valence-electron chi connectivity index (χ2n) is 5.57. The Hall–Kier alpha value is -2.18. The minimum Gasteiger partial charge on any atom is -0.381 e. The number of hydrogen-bond donors (Lipinski definition) is 2. The highest BCUT2D eigenvalue weighted by Crippen LogP contribution is 2.31. The lowest BCUT2D eigenvalue weighted by atomic mass is 9.79. The van der Waals surface area contributed by atoms with Crippen molar-refractivity contribution in [1.29, 1.82) is 0 Å². The Bertz CT molecular complexity index is 633. The van der Waals surface area contributed by atoms with Crippen LogP contribution < -0.4 is 11.1 Å². The third-order valence-electron chi connectivity index (χ3n) is 4.23. The number of benzene rings is 1. The number of rotatable bonds is 4. The lowest BCUT2D eigenvalue weighted by Crippen LogP contribution is -2.46. The molecule has 0 unspecified atom stereocenters. The summed E-state index contributed by atoms with van der Waals surface area (Å²) in [6, 6.07) is 7.67. The van der Waals surface area contributed by atoms with Crippen LogP contribution in [0.2, 0.25) is 0 Å². The van der Waals surface area contributed by atoms with Gasteiger partial charge in [-0.05, 0) is 31.0 Å². The third-order valence-corrected chi connectivity index (χ3v) is 4.23. The largest absolute Gasteiger partial charge is 0.381 e. The predicted molar refractivity (Wildman–Crippen MR) is 83.7 cm³/mol. The fourth-order valence-electron chi connectivity index (χ4n) is 2.71. The predicted octanol–water partition coefficient (Wildman–Crippen LogP) is 1.57. The zero-order chi connectivity index (χ0) is 15.4. The number of nitrogens with zero attached hydrogens (tertiary/aromatic N) is 2. The van der Waals surface area contributed by atoms with Crippen molar-refractivity contribution in [3.63, 3.8) is 0 Å². The number of nitrogens with one attached hydrogen (secondary N) is 1. The summed E-state index contributed by atoms with van der Waals surface area (Å²) >= 11 is 0. The Morgan fingerprint density at radius 3 is 2.91 bits per heavy atom. The van der Waals surface area contributed by atoms with Crippen molar-refractivity contribution >= 4 is 11.6 Å². The Morgan fingerprint density at radius 2 is 2.23 bits per heavy atom. The molecule has 1 amide bonds. The maximum atomic E-state index is 12.7. The molecule has 0 radical (unpaired) electrons. The summed E-state index contributed by atoms with van der Waals surface area (Å²) in [6.07, 6.45) is 6.63. The molecular formula is C16H20N4O2. The number of imidazole rings is 1. The summed E-state index contributed by atoms with van der Waals surface area (Å²) in [6.45, 7) is 1.50. The van der Waals surface area contributed by atoms with Crippen LogP contribution in [-0.2, 0) is 9.53 Å². The second-order valence-corrected chi connectivity index (χ2v) is 5.57. The van der Waals surface area contributed by atoms with E-state index in [0.717, 1.165) is 11.4 Å². The summed E-state index contributed by atoms with van der Waals surface area (Å²) in [5, 5.41) is 3.00. The van der Waals surface area contributed by atoms with Crippen LogP contribution in [0.1, 0.15) is 12.8 Å². The molecule has 2 aromatic rings. The quantitative estimate of drug-likeness (QED) is 0.898. The van der Waals surface area contributed by atoms with E-state index in [0.29, 0.717) is 32.6 Å². The van der Waals surface area contributed by atoms with Crippen molar-refractivity contribution in [2.75, 3.05) is 25.1 Å². The molecule has 3 rings (SSSR count). The van der Waals surface area contributed by atoms with Crippen LogP contribution in [0.3, 0.4) is 0 Å². The zero-order valence-electron chi connectivity index (χ0n) is 12.4. The third kappa shape index (κ3) is 2.88. The minimum absolute atomic E-state index is 0.0268. The van der Waals surface area contributed by atoms with Gasteiger partial charge in [0, 0.05) is 43.5 Å². The first-order chi connectivity index (χ1) is 10.7. The van der Waals surface area contributed by atoms with E-state index in [-0.39, 0.29) is 5.91 Å². The SMILES string of the molecule is NCC1(C(=O)Nc2cccc(-n3ccnc3)c2)CCOCC1. The van der Waals surface area contributed by atoms with Crippen molar-refractivity contribution in [2.45, 2.75) is 12.8 Å². The number of nitrogens with two attached hydrogens (primary N) is 1. The van der Waals surface area contributed by atoms with E-state index >= 15 is 0 Å². The number of aromatic nitrogens is 2. The second kappa shape index (κ2) is 6.29. The summed E-state index contributed by atoms with van der Waals surface area (Å²) in [7, 11) is 0. The van der Waals surface area contributed by atoms with Crippen molar-refractivity contribution in [1.82, 2.24) is 9.55 Å². The van der Waals surface area contributed by atoms with Crippen LogP contribution in [0.5, 0.6) is 0 Å². The van der Waals surface area contributed by atoms with Crippen molar-refractivity contribution < 1.29 is 9.53 Å². The Kier molecular flexibility index (Phi) is 4.22. The van der Waals surface area contributed by atoms with E-state index in [1.807, 2.05) is 35.0 Å². The smallest absolute Gasteiger partial charge is 0.232 e. The molecule has 1 aliphatic rings. The number of amides is 1. The summed E-state index contributed by atoms with van der Waals surface area (Å²) in [5.41, 5.74) is 7.05. The number of carbonyl (C=O) groups excluding carboxylic acids is 1. The Balaban J connectivity index is 1.78. The minimum atomic E-state index is -0.525. The zero-order valence-corrected chi connectivity index (χ0v) is 12.4. The molecule has 3 N–H and O–H groups in total. The van der Waals surface area contributed by atoms with Gasteiger partial charge in [0.15, 0.2) is 0 Å². The maximum absolute atomic E-state index is 12.7. The standard InChI is InChI=1S/C16H20N4O2/c17-11-16(4-8-22-9-5-16)15(21)19-13-2-1-3-14(10-13)20-7-6-18-12-20/h1-3,6-7,10,12H,4-5,8-9,11,17H2,(H,19,21). The van der Waals surface area contributed by atoms with Crippen LogP contribution in [0.4, 0.5) is 5.69 Å². The number of anilines is 1. The van der Waals surface area contributed by atoms with Gasteiger partial charge >= 0.3 is 0 Å². The first-order valence-corrected chi connectivity index (χ1v) is 7.41. The van der Waals surface area contributed by atoms with Crippen LogP contribution in [0.15, 0.2) is 43.0 Å². The molecule has 1 saturated heterocycles. The number of ether oxygens (including phenoxy) is 1. The normalized spacial score (nSPS) is 17.1. The highest BCUT2D eigenvalue weighted by molar-refractivity contribution is 5.95. The fraction of sp³-hybridized carbons (Fsp3) is 0.375. The van der Waals surface area contributed by atoms with E-state index in [1.54, 1.807) is 12.5 Å². The van der Waals surface area contributed by atoms with Crippen LogP contribution in [0, 0.1) is 5.41 Å². The molecule has 1 aromatic heterocycles. The summed E-state index contributed by atoms with van der Waals surface area (Å²) in [5.74, 6) is -0.0268. The highest BCUT2D eigenvalue weighted by Gasteiger charge is 2.38. The molecule has 1 aliphatic heterocycles. The van der Waals surface area contributed by atoms with E-state index in [2.05, 4.69) is 10.3 Å². The lowest BCUT2D eigenvalue weighted by molar-refractivity contribution is -0.130. The molecule has 2 heterocycles. The van der Waals surface area contributed by atoms with Gasteiger partial charge in [0.1, 0.15) is 0 Å². The van der Waals surface area contributed by atoms with Gasteiger partial charge in [0.25, 0.3) is 0 Å². The Morgan fingerprint density at radius 1 is 1.41 bits per heavy atom. The van der Waals surface area contributed by atoms with Crippen LogP contribution in [-0.4, -0.2) is 35.2 Å². The van der Waals surface area contributed by atoms with Gasteiger partial charge in [-0.25, -0.2) is 4.98 Å².